The van der Waals surface area contributed by atoms with Crippen LogP contribution < -0.4 is 5.32 Å². The van der Waals surface area contributed by atoms with Crippen molar-refractivity contribution in [2.45, 2.75) is 25.3 Å². The predicted molar refractivity (Wildman–Crippen MR) is 94.2 cm³/mol. The first-order valence-electron chi connectivity index (χ1n) is 8.50. The Morgan fingerprint density at radius 1 is 1.36 bits per heavy atom. The Balaban J connectivity index is 1.36. The van der Waals surface area contributed by atoms with Crippen LogP contribution in [0, 0.1) is 5.92 Å². The molecule has 2 amide bonds. The maximum absolute atomic E-state index is 12.3. The van der Waals surface area contributed by atoms with Crippen LogP contribution in [0.2, 0.25) is 5.02 Å². The highest BCUT2D eigenvalue weighted by atomic mass is 35.5. The number of hydrogen-bond donors (Lipinski definition) is 2. The van der Waals surface area contributed by atoms with E-state index in [9.17, 15) is 9.59 Å². The van der Waals surface area contributed by atoms with Crippen LogP contribution in [0.25, 0.3) is 11.3 Å². The fourth-order valence-electron chi connectivity index (χ4n) is 3.26. The van der Waals surface area contributed by atoms with Crippen LogP contribution in [0.3, 0.4) is 0 Å². The molecule has 1 saturated carbocycles. The summed E-state index contributed by atoms with van der Waals surface area (Å²) in [5.74, 6) is 0.176. The van der Waals surface area contributed by atoms with Crippen molar-refractivity contribution >= 4 is 23.4 Å². The quantitative estimate of drug-likeness (QED) is 0.861. The Labute approximate surface area is 150 Å². The van der Waals surface area contributed by atoms with Crippen molar-refractivity contribution in [2.24, 2.45) is 5.92 Å². The fraction of sp³-hybridized carbons (Fsp3) is 0.389. The van der Waals surface area contributed by atoms with E-state index >= 15 is 0 Å². The van der Waals surface area contributed by atoms with E-state index in [1.807, 2.05) is 23.1 Å². The lowest BCUT2D eigenvalue weighted by Gasteiger charge is -2.15. The normalized spacial score (nSPS) is 20.1. The van der Waals surface area contributed by atoms with Gasteiger partial charge in [-0.1, -0.05) is 29.8 Å². The maximum atomic E-state index is 12.3. The summed E-state index contributed by atoms with van der Waals surface area (Å²) in [6.07, 6.45) is 2.75. The number of likely N-dealkylation sites (tertiary alicyclic amines) is 1. The van der Waals surface area contributed by atoms with Gasteiger partial charge in [0.25, 0.3) is 5.91 Å². The molecule has 1 unspecified atom stereocenters. The van der Waals surface area contributed by atoms with E-state index in [2.05, 4.69) is 15.5 Å². The number of amides is 2. The first kappa shape index (κ1) is 16.1. The van der Waals surface area contributed by atoms with Crippen molar-refractivity contribution in [1.29, 1.82) is 0 Å². The summed E-state index contributed by atoms with van der Waals surface area (Å²) < 4.78 is 0. The molecule has 1 aromatic carbocycles. The second kappa shape index (κ2) is 6.52. The van der Waals surface area contributed by atoms with Gasteiger partial charge in [0.05, 0.1) is 10.7 Å². The first-order valence-corrected chi connectivity index (χ1v) is 8.87. The average molecular weight is 359 g/mol. The number of aromatic amines is 1. The zero-order valence-electron chi connectivity index (χ0n) is 13.7. The van der Waals surface area contributed by atoms with Gasteiger partial charge in [0, 0.05) is 37.0 Å². The van der Waals surface area contributed by atoms with Gasteiger partial charge in [-0.2, -0.15) is 5.10 Å². The number of carbonyl (C=O) groups excluding carboxylic acids is 2. The Morgan fingerprint density at radius 3 is 2.92 bits per heavy atom. The molecule has 1 saturated heterocycles. The van der Waals surface area contributed by atoms with Gasteiger partial charge >= 0.3 is 0 Å². The molecule has 2 fully saturated rings. The molecule has 4 rings (SSSR count). The van der Waals surface area contributed by atoms with Crippen molar-refractivity contribution in [2.75, 3.05) is 13.1 Å². The summed E-state index contributed by atoms with van der Waals surface area (Å²) in [5.41, 5.74) is 1.80. The average Bonchev–Trinajstić information content (AvgIpc) is 3.20. The van der Waals surface area contributed by atoms with Crippen molar-refractivity contribution in [3.05, 3.63) is 41.0 Å². The third-order valence-corrected chi connectivity index (χ3v) is 5.08. The van der Waals surface area contributed by atoms with Gasteiger partial charge < -0.3 is 10.2 Å². The van der Waals surface area contributed by atoms with Crippen molar-refractivity contribution in [3.8, 4) is 11.3 Å². The van der Waals surface area contributed by atoms with Gasteiger partial charge in [-0.25, -0.2) is 0 Å². The summed E-state index contributed by atoms with van der Waals surface area (Å²) in [6, 6.07) is 9.50. The third-order valence-electron chi connectivity index (χ3n) is 4.75. The Morgan fingerprint density at radius 2 is 2.16 bits per heavy atom. The number of benzene rings is 1. The van der Waals surface area contributed by atoms with Crippen molar-refractivity contribution in [3.63, 3.8) is 0 Å². The molecule has 1 aliphatic carbocycles. The van der Waals surface area contributed by atoms with E-state index in [4.69, 9.17) is 11.6 Å². The molecule has 130 valence electrons. The topological polar surface area (TPSA) is 78.1 Å². The molecule has 7 heteroatoms. The number of rotatable bonds is 5. The van der Waals surface area contributed by atoms with Crippen LogP contribution in [0.15, 0.2) is 30.3 Å². The molecule has 2 aromatic rings. The van der Waals surface area contributed by atoms with Gasteiger partial charge in [0.1, 0.15) is 5.69 Å². The molecule has 1 aliphatic heterocycles. The monoisotopic (exact) mass is 358 g/mol. The lowest BCUT2D eigenvalue weighted by atomic mass is 10.1. The van der Waals surface area contributed by atoms with Crippen LogP contribution in [0.1, 0.15) is 29.8 Å². The highest BCUT2D eigenvalue weighted by molar-refractivity contribution is 6.33. The second-order valence-corrected chi connectivity index (χ2v) is 7.11. The van der Waals surface area contributed by atoms with Crippen molar-refractivity contribution in [1.82, 2.24) is 20.4 Å². The lowest BCUT2D eigenvalue weighted by molar-refractivity contribution is -0.128. The predicted octanol–water partition coefficient (Wildman–Crippen LogP) is 2.47. The van der Waals surface area contributed by atoms with E-state index in [1.54, 1.807) is 12.1 Å². The molecular formula is C18H19ClN4O2. The molecule has 2 heterocycles. The first-order chi connectivity index (χ1) is 12.1. The van der Waals surface area contributed by atoms with E-state index in [0.717, 1.165) is 24.9 Å². The molecule has 0 spiro atoms. The smallest absolute Gasteiger partial charge is 0.269 e. The minimum absolute atomic E-state index is 0.183. The van der Waals surface area contributed by atoms with E-state index in [-0.39, 0.29) is 17.7 Å². The number of carbonyl (C=O) groups is 2. The van der Waals surface area contributed by atoms with Gasteiger partial charge in [-0.3, -0.25) is 14.7 Å². The van der Waals surface area contributed by atoms with Gasteiger partial charge in [-0.05, 0) is 25.0 Å². The highest BCUT2D eigenvalue weighted by Gasteiger charge is 2.39. The van der Waals surface area contributed by atoms with E-state index in [1.165, 1.54) is 0 Å². The molecule has 2 N–H and O–H groups in total. The Hall–Kier alpha value is -2.34. The molecule has 1 aromatic heterocycles. The highest BCUT2D eigenvalue weighted by Crippen LogP contribution is 2.32. The van der Waals surface area contributed by atoms with Crippen LogP contribution in [0.5, 0.6) is 0 Å². The zero-order valence-corrected chi connectivity index (χ0v) is 14.4. The number of nitrogens with zero attached hydrogens (tertiary/aromatic N) is 2. The fourth-order valence-corrected chi connectivity index (χ4v) is 3.49. The summed E-state index contributed by atoms with van der Waals surface area (Å²) in [4.78, 5) is 26.2. The number of nitrogens with one attached hydrogen (secondary N) is 2. The largest absolute Gasteiger partial charge is 0.350 e. The van der Waals surface area contributed by atoms with Crippen LogP contribution >= 0.6 is 11.6 Å². The van der Waals surface area contributed by atoms with E-state index < -0.39 is 0 Å². The van der Waals surface area contributed by atoms with Gasteiger partial charge in [0.15, 0.2) is 0 Å². The Bertz CT molecular complexity index is 815. The number of halogens is 1. The SMILES string of the molecule is O=C(NCC1CC(=O)N(C2CC2)C1)c1cc(-c2ccccc2Cl)n[nH]1. The van der Waals surface area contributed by atoms with Crippen molar-refractivity contribution < 1.29 is 9.59 Å². The lowest BCUT2D eigenvalue weighted by Crippen LogP contribution is -2.32. The molecule has 6 nitrogen and oxygen atoms in total. The minimum atomic E-state index is -0.219. The maximum Gasteiger partial charge on any atom is 0.269 e. The molecule has 0 radical (unpaired) electrons. The van der Waals surface area contributed by atoms with Crippen LogP contribution in [0.4, 0.5) is 0 Å². The summed E-state index contributed by atoms with van der Waals surface area (Å²) in [7, 11) is 0. The Kier molecular flexibility index (Phi) is 4.21. The minimum Gasteiger partial charge on any atom is -0.350 e. The van der Waals surface area contributed by atoms with E-state index in [0.29, 0.717) is 35.4 Å². The number of hydrogen-bond acceptors (Lipinski definition) is 3. The standard InChI is InChI=1S/C18H19ClN4O2/c19-14-4-2-1-3-13(14)15-8-16(22-21-15)18(25)20-9-11-7-17(24)23(10-11)12-5-6-12/h1-4,8,11-12H,5-7,9-10H2,(H,20,25)(H,21,22). The molecule has 1 atom stereocenters. The summed E-state index contributed by atoms with van der Waals surface area (Å²) in [5, 5.41) is 10.4. The summed E-state index contributed by atoms with van der Waals surface area (Å²) in [6.45, 7) is 1.24. The molecule has 2 aliphatic rings. The number of H-pyrrole nitrogens is 1. The van der Waals surface area contributed by atoms with Gasteiger partial charge in [0.2, 0.25) is 5.91 Å². The van der Waals surface area contributed by atoms with Crippen LogP contribution in [-0.2, 0) is 4.79 Å². The second-order valence-electron chi connectivity index (χ2n) is 6.70. The third kappa shape index (κ3) is 3.39. The summed E-state index contributed by atoms with van der Waals surface area (Å²) >= 11 is 6.16. The molecule has 0 bridgehead atoms. The van der Waals surface area contributed by atoms with Crippen LogP contribution in [-0.4, -0.2) is 46.0 Å². The van der Waals surface area contributed by atoms with Gasteiger partial charge in [-0.15, -0.1) is 0 Å². The molecular weight excluding hydrogens is 340 g/mol. The molecule has 25 heavy (non-hydrogen) atoms. The zero-order chi connectivity index (χ0) is 17.4. The number of aromatic nitrogens is 2.